The number of piperazine rings is 1. The van der Waals surface area contributed by atoms with E-state index in [9.17, 15) is 18.0 Å². The predicted octanol–water partition coefficient (Wildman–Crippen LogP) is 5.83. The Morgan fingerprint density at radius 2 is 1.95 bits per heavy atom. The lowest BCUT2D eigenvalue weighted by Crippen LogP contribution is -2.51. The van der Waals surface area contributed by atoms with Gasteiger partial charge in [-0.05, 0) is 43.0 Å². The van der Waals surface area contributed by atoms with Gasteiger partial charge in [-0.1, -0.05) is 31.2 Å². The fourth-order valence-corrected chi connectivity index (χ4v) is 5.08. The van der Waals surface area contributed by atoms with Gasteiger partial charge in [0.25, 0.3) is 12.3 Å². The smallest absolute Gasteiger partial charge is 0.291 e. The Labute approximate surface area is 230 Å². The molecular formula is C29H32F3N5O3. The first kappa shape index (κ1) is 27.9. The van der Waals surface area contributed by atoms with Crippen LogP contribution < -0.4 is 10.2 Å². The average Bonchev–Trinajstić information content (AvgIpc) is 3.30. The number of ether oxygens (including phenoxy) is 1. The lowest BCUT2D eigenvalue weighted by molar-refractivity contribution is -0.0285. The van der Waals surface area contributed by atoms with Crippen molar-refractivity contribution in [2.24, 2.45) is 10.9 Å². The molecule has 11 heteroatoms. The molecule has 1 amide bonds. The summed E-state index contributed by atoms with van der Waals surface area (Å²) in [6.07, 6.45) is 2.28. The molecule has 3 heterocycles. The lowest BCUT2D eigenvalue weighted by Gasteiger charge is -2.37. The number of benzene rings is 1. The van der Waals surface area contributed by atoms with Crippen molar-refractivity contribution in [2.45, 2.75) is 38.7 Å². The highest BCUT2D eigenvalue weighted by Gasteiger charge is 2.29. The number of nitrogens with one attached hydrogen (secondary N) is 1. The van der Waals surface area contributed by atoms with E-state index in [1.165, 1.54) is 12.3 Å². The third kappa shape index (κ3) is 5.90. The van der Waals surface area contributed by atoms with Gasteiger partial charge in [0, 0.05) is 38.7 Å². The van der Waals surface area contributed by atoms with Crippen LogP contribution in [0.5, 0.6) is 0 Å². The van der Waals surface area contributed by atoms with Gasteiger partial charge in [0.15, 0.2) is 0 Å². The fraction of sp³-hybridized carbons (Fsp3) is 0.414. The monoisotopic (exact) mass is 555 g/mol. The molecule has 3 atom stereocenters. The molecule has 1 aromatic carbocycles. The van der Waals surface area contributed by atoms with Gasteiger partial charge in [0.05, 0.1) is 23.2 Å². The summed E-state index contributed by atoms with van der Waals surface area (Å²) in [5.74, 6) is -0.567. The number of para-hydroxylation sites is 1. The largest absolute Gasteiger partial charge is 0.450 e. The van der Waals surface area contributed by atoms with Crippen molar-refractivity contribution in [3.05, 3.63) is 66.1 Å². The fourth-order valence-electron chi connectivity index (χ4n) is 5.08. The molecule has 0 radical (unpaired) electrons. The number of amides is 1. The molecular weight excluding hydrogens is 523 g/mol. The first-order valence-electron chi connectivity index (χ1n) is 13.3. The number of carbonyl (C=O) groups is 1. The van der Waals surface area contributed by atoms with E-state index in [1.807, 2.05) is 13.0 Å². The quantitative estimate of drug-likeness (QED) is 0.395. The van der Waals surface area contributed by atoms with Gasteiger partial charge in [0.1, 0.15) is 17.6 Å². The molecule has 1 aliphatic carbocycles. The maximum Gasteiger partial charge on any atom is 0.291 e. The zero-order valence-corrected chi connectivity index (χ0v) is 22.4. The van der Waals surface area contributed by atoms with Crippen LogP contribution in [0, 0.1) is 5.92 Å². The van der Waals surface area contributed by atoms with Crippen LogP contribution in [0.4, 0.5) is 24.7 Å². The van der Waals surface area contributed by atoms with Crippen LogP contribution in [0.2, 0.25) is 0 Å². The minimum absolute atomic E-state index is 0.0907. The summed E-state index contributed by atoms with van der Waals surface area (Å²) in [5, 5.41) is 2.81. The van der Waals surface area contributed by atoms with E-state index in [0.29, 0.717) is 43.4 Å². The molecule has 2 aromatic heterocycles. The van der Waals surface area contributed by atoms with E-state index in [1.54, 1.807) is 43.5 Å². The number of aromatic nitrogens is 1. The molecule has 0 spiro atoms. The number of aliphatic imine (C=N–C) groups is 1. The Kier molecular flexibility index (Phi) is 8.51. The third-order valence-electron chi connectivity index (χ3n) is 7.34. The summed E-state index contributed by atoms with van der Waals surface area (Å²) < 4.78 is 53.3. The van der Waals surface area contributed by atoms with Gasteiger partial charge in [0.2, 0.25) is 12.1 Å². The van der Waals surface area contributed by atoms with Crippen molar-refractivity contribution >= 4 is 34.1 Å². The zero-order valence-electron chi connectivity index (χ0n) is 22.4. The first-order chi connectivity index (χ1) is 19.4. The number of halogens is 3. The van der Waals surface area contributed by atoms with Crippen molar-refractivity contribution in [3.8, 4) is 0 Å². The summed E-state index contributed by atoms with van der Waals surface area (Å²) in [4.78, 5) is 26.0. The Morgan fingerprint density at radius 1 is 1.18 bits per heavy atom. The molecule has 1 aliphatic heterocycles. The highest BCUT2D eigenvalue weighted by atomic mass is 19.3. The minimum Gasteiger partial charge on any atom is -0.450 e. The zero-order chi connectivity index (χ0) is 28.2. The van der Waals surface area contributed by atoms with Crippen molar-refractivity contribution in [1.29, 1.82) is 0 Å². The van der Waals surface area contributed by atoms with Crippen molar-refractivity contribution < 1.29 is 27.1 Å². The second-order valence-corrected chi connectivity index (χ2v) is 10.00. The molecule has 212 valence electrons. The maximum absolute atomic E-state index is 14.8. The highest BCUT2D eigenvalue weighted by Crippen LogP contribution is 2.34. The van der Waals surface area contributed by atoms with Crippen molar-refractivity contribution in [1.82, 2.24) is 9.88 Å². The molecule has 0 bridgehead atoms. The number of nitrogens with zero attached hydrogens (tertiary/aromatic N) is 4. The molecule has 8 nitrogen and oxygen atoms in total. The number of furan rings is 1. The lowest BCUT2D eigenvalue weighted by atomic mass is 10.00. The molecule has 1 saturated heterocycles. The average molecular weight is 556 g/mol. The van der Waals surface area contributed by atoms with Crippen LogP contribution in [0.25, 0.3) is 11.0 Å². The molecule has 3 aromatic rings. The minimum atomic E-state index is -2.86. The topological polar surface area (TPSA) is 83.2 Å². The number of rotatable bonds is 7. The van der Waals surface area contributed by atoms with Crippen LogP contribution in [-0.4, -0.2) is 67.3 Å². The van der Waals surface area contributed by atoms with E-state index in [4.69, 9.17) is 9.15 Å². The molecule has 1 fully saturated rings. The van der Waals surface area contributed by atoms with Crippen LogP contribution in [-0.2, 0) is 4.74 Å². The van der Waals surface area contributed by atoms with Crippen LogP contribution in [0.3, 0.4) is 0 Å². The molecule has 0 saturated carbocycles. The molecule has 3 unspecified atom stereocenters. The summed E-state index contributed by atoms with van der Waals surface area (Å²) in [6, 6.07) is 9.75. The summed E-state index contributed by atoms with van der Waals surface area (Å²) >= 11 is 0. The Bertz CT molecular complexity index is 1380. The van der Waals surface area contributed by atoms with Crippen LogP contribution in [0.15, 0.2) is 64.2 Å². The van der Waals surface area contributed by atoms with E-state index in [0.717, 1.165) is 12.8 Å². The van der Waals surface area contributed by atoms with E-state index in [2.05, 4.69) is 25.1 Å². The van der Waals surface area contributed by atoms with Gasteiger partial charge in [-0.15, -0.1) is 0 Å². The van der Waals surface area contributed by atoms with E-state index < -0.39 is 36.2 Å². The molecule has 5 rings (SSSR count). The Morgan fingerprint density at radius 3 is 2.65 bits per heavy atom. The van der Waals surface area contributed by atoms with Crippen molar-refractivity contribution in [2.75, 3.05) is 43.5 Å². The molecule has 2 aliphatic rings. The number of carbonyl (C=O) groups excluding carboxylic acids is 1. The van der Waals surface area contributed by atoms with E-state index in [-0.39, 0.29) is 16.9 Å². The number of allylic oxidation sites excluding steroid dienone is 2. The standard InChI is InChI=1S/C29H32F3N5O3/c1-18-7-3-5-9-21(25(18)30)35-29(39-2)37-15-13-36(14-16-37)23-12-11-19(17-33-23)34-28(38)26-24(27(31)32)20-8-4-6-10-22(20)40-26/h4-6,8-12,17-18,25,27,29H,3,7,13-16H2,1-2H3,(H,34,38). The SMILES string of the molecule is COC(N=C1C=CCCC(C)C1F)N1CCN(c2ccc(NC(=O)c3oc4ccccc4c3C(F)F)cn2)CC1. The first-order valence-corrected chi connectivity index (χ1v) is 13.3. The molecule has 1 N–H and O–H groups in total. The predicted molar refractivity (Wildman–Crippen MR) is 148 cm³/mol. The number of fused-ring (bicyclic) bond motifs is 1. The highest BCUT2D eigenvalue weighted by molar-refractivity contribution is 6.06. The van der Waals surface area contributed by atoms with Gasteiger partial charge in [-0.25, -0.2) is 23.1 Å². The van der Waals surface area contributed by atoms with Gasteiger partial charge in [-0.2, -0.15) is 0 Å². The van der Waals surface area contributed by atoms with Gasteiger partial charge in [-0.3, -0.25) is 9.69 Å². The summed E-state index contributed by atoms with van der Waals surface area (Å²) in [5.41, 5.74) is 0.570. The number of hydrogen-bond donors (Lipinski definition) is 1. The van der Waals surface area contributed by atoms with Crippen molar-refractivity contribution in [3.63, 3.8) is 0 Å². The van der Waals surface area contributed by atoms with Crippen LogP contribution >= 0.6 is 0 Å². The maximum atomic E-state index is 14.8. The number of alkyl halides is 3. The normalized spacial score (nSPS) is 22.1. The Balaban J connectivity index is 1.21. The second kappa shape index (κ2) is 12.2. The summed E-state index contributed by atoms with van der Waals surface area (Å²) in [6.45, 7) is 4.45. The third-order valence-corrected chi connectivity index (χ3v) is 7.34. The molecule has 40 heavy (non-hydrogen) atoms. The number of pyridine rings is 1. The van der Waals surface area contributed by atoms with E-state index >= 15 is 0 Å². The second-order valence-electron chi connectivity index (χ2n) is 10.00. The number of anilines is 2. The van der Waals surface area contributed by atoms with Gasteiger partial charge >= 0.3 is 0 Å². The van der Waals surface area contributed by atoms with Gasteiger partial charge < -0.3 is 19.4 Å². The summed E-state index contributed by atoms with van der Waals surface area (Å²) in [7, 11) is 1.57. The van der Waals surface area contributed by atoms with Crippen LogP contribution in [0.1, 0.15) is 42.3 Å². The Hall–Kier alpha value is -3.70. The number of hydrogen-bond acceptors (Lipinski definition) is 7. The number of methoxy groups -OCH3 is 1.